The Labute approximate surface area is 196 Å². The van der Waals surface area contributed by atoms with Crippen LogP contribution < -0.4 is 9.03 Å². The number of aryl methyl sites for hydroxylation is 3. The molecule has 0 radical (unpaired) electrons. The van der Waals surface area contributed by atoms with Crippen LogP contribution in [0, 0.1) is 27.7 Å². The molecule has 0 amide bonds. The Bertz CT molecular complexity index is 1400. The Kier molecular flexibility index (Phi) is 6.01. The summed E-state index contributed by atoms with van der Waals surface area (Å²) in [6, 6.07) is 15.4. The standard InChI is InChI=1S/C25H28N2O4S2/c1-17-16-18(2)20(4)25(19(17)3)32(28,29)26-22-11-13-23(14-12-22)33(30,31)27-15-7-9-21-8-5-6-10-24(21)27/h5-6,8,10-14,16,26H,7,9,15H2,1-4H3. The Morgan fingerprint density at radius 3 is 2.06 bits per heavy atom. The number of anilines is 2. The van der Waals surface area contributed by atoms with E-state index in [1.807, 2.05) is 44.2 Å². The third kappa shape index (κ3) is 4.25. The molecule has 3 aromatic carbocycles. The first-order valence-corrected chi connectivity index (χ1v) is 13.8. The zero-order chi connectivity index (χ0) is 24.0. The van der Waals surface area contributed by atoms with Gasteiger partial charge in [0.25, 0.3) is 20.0 Å². The highest BCUT2D eigenvalue weighted by atomic mass is 32.2. The minimum absolute atomic E-state index is 0.126. The molecule has 0 saturated carbocycles. The molecular weight excluding hydrogens is 456 g/mol. The molecule has 4 rings (SSSR count). The summed E-state index contributed by atoms with van der Waals surface area (Å²) in [5.41, 5.74) is 5.24. The second-order valence-corrected chi connectivity index (χ2v) is 12.0. The van der Waals surface area contributed by atoms with E-state index in [-0.39, 0.29) is 9.79 Å². The van der Waals surface area contributed by atoms with Crippen LogP contribution in [-0.4, -0.2) is 23.4 Å². The van der Waals surface area contributed by atoms with Crippen LogP contribution in [0.2, 0.25) is 0 Å². The van der Waals surface area contributed by atoms with Gasteiger partial charge < -0.3 is 0 Å². The molecule has 1 heterocycles. The smallest absolute Gasteiger partial charge is 0.264 e. The van der Waals surface area contributed by atoms with Crippen molar-refractivity contribution in [1.82, 2.24) is 0 Å². The van der Waals surface area contributed by atoms with E-state index < -0.39 is 20.0 Å². The molecule has 1 aliphatic heterocycles. The number of para-hydroxylation sites is 1. The van der Waals surface area contributed by atoms with Crippen molar-refractivity contribution in [3.8, 4) is 0 Å². The van der Waals surface area contributed by atoms with Gasteiger partial charge >= 0.3 is 0 Å². The van der Waals surface area contributed by atoms with E-state index in [1.54, 1.807) is 13.8 Å². The van der Waals surface area contributed by atoms with Crippen LogP contribution in [-0.2, 0) is 26.5 Å². The molecule has 0 spiro atoms. The molecule has 0 saturated heterocycles. The summed E-state index contributed by atoms with van der Waals surface area (Å²) in [6.45, 7) is 7.78. The molecule has 174 valence electrons. The first-order valence-electron chi connectivity index (χ1n) is 10.8. The van der Waals surface area contributed by atoms with E-state index in [0.29, 0.717) is 29.0 Å². The molecule has 3 aromatic rings. The number of benzene rings is 3. The lowest BCUT2D eigenvalue weighted by Gasteiger charge is -2.30. The minimum Gasteiger partial charge on any atom is -0.280 e. The van der Waals surface area contributed by atoms with Gasteiger partial charge in [-0.25, -0.2) is 16.8 Å². The first-order chi connectivity index (χ1) is 15.5. The molecule has 0 aromatic heterocycles. The van der Waals surface area contributed by atoms with Gasteiger partial charge in [-0.05, 0) is 98.7 Å². The van der Waals surface area contributed by atoms with Crippen molar-refractivity contribution < 1.29 is 16.8 Å². The SMILES string of the molecule is Cc1cc(C)c(C)c(S(=O)(=O)Nc2ccc(S(=O)(=O)N3CCCc4ccccc43)cc2)c1C. The summed E-state index contributed by atoms with van der Waals surface area (Å²) in [5, 5.41) is 0. The van der Waals surface area contributed by atoms with Crippen LogP contribution in [0.3, 0.4) is 0 Å². The highest BCUT2D eigenvalue weighted by Crippen LogP contribution is 2.33. The fourth-order valence-corrected chi connectivity index (χ4v) is 7.58. The molecule has 33 heavy (non-hydrogen) atoms. The third-order valence-corrected chi connectivity index (χ3v) is 9.81. The fraction of sp³-hybridized carbons (Fsp3) is 0.280. The van der Waals surface area contributed by atoms with Crippen molar-refractivity contribution >= 4 is 31.4 Å². The predicted octanol–water partition coefficient (Wildman–Crippen LogP) is 4.86. The van der Waals surface area contributed by atoms with Crippen LogP contribution in [0.25, 0.3) is 0 Å². The maximum atomic E-state index is 13.3. The zero-order valence-electron chi connectivity index (χ0n) is 19.2. The number of fused-ring (bicyclic) bond motifs is 1. The lowest BCUT2D eigenvalue weighted by Crippen LogP contribution is -2.35. The quantitative estimate of drug-likeness (QED) is 0.560. The van der Waals surface area contributed by atoms with E-state index in [2.05, 4.69) is 4.72 Å². The zero-order valence-corrected chi connectivity index (χ0v) is 20.8. The van der Waals surface area contributed by atoms with Gasteiger partial charge in [-0.3, -0.25) is 9.03 Å². The molecule has 0 fully saturated rings. The van der Waals surface area contributed by atoms with E-state index >= 15 is 0 Å². The van der Waals surface area contributed by atoms with E-state index in [9.17, 15) is 16.8 Å². The van der Waals surface area contributed by atoms with Gasteiger partial charge in [0.2, 0.25) is 0 Å². The van der Waals surface area contributed by atoms with Gasteiger partial charge in [0.15, 0.2) is 0 Å². The van der Waals surface area contributed by atoms with E-state index in [1.165, 1.54) is 28.6 Å². The van der Waals surface area contributed by atoms with Gasteiger partial charge in [-0.1, -0.05) is 24.3 Å². The molecular formula is C25H28N2O4S2. The van der Waals surface area contributed by atoms with Gasteiger partial charge in [-0.2, -0.15) is 0 Å². The summed E-state index contributed by atoms with van der Waals surface area (Å²) in [5.74, 6) is 0. The fourth-order valence-electron chi connectivity index (χ4n) is 4.36. The number of sulfonamides is 2. The molecule has 0 aliphatic carbocycles. The lowest BCUT2D eigenvalue weighted by atomic mass is 10.0. The topological polar surface area (TPSA) is 83.5 Å². The molecule has 0 atom stereocenters. The number of nitrogens with zero attached hydrogens (tertiary/aromatic N) is 1. The van der Waals surface area contributed by atoms with E-state index in [4.69, 9.17) is 0 Å². The normalized spacial score (nSPS) is 14.1. The van der Waals surface area contributed by atoms with Crippen molar-refractivity contribution in [3.05, 3.63) is 82.4 Å². The van der Waals surface area contributed by atoms with Gasteiger partial charge in [0, 0.05) is 12.2 Å². The van der Waals surface area contributed by atoms with Crippen molar-refractivity contribution in [2.75, 3.05) is 15.6 Å². The van der Waals surface area contributed by atoms with Crippen LogP contribution in [0.1, 0.15) is 34.2 Å². The van der Waals surface area contributed by atoms with Crippen molar-refractivity contribution in [2.24, 2.45) is 0 Å². The lowest BCUT2D eigenvalue weighted by molar-refractivity contribution is 0.586. The molecule has 1 aliphatic rings. The second kappa shape index (κ2) is 8.50. The van der Waals surface area contributed by atoms with Gasteiger partial charge in [0.05, 0.1) is 15.5 Å². The molecule has 0 bridgehead atoms. The summed E-state index contributed by atoms with van der Waals surface area (Å²) in [4.78, 5) is 0.391. The average molecular weight is 485 g/mol. The summed E-state index contributed by atoms with van der Waals surface area (Å²) in [6.07, 6.45) is 1.60. The highest BCUT2D eigenvalue weighted by Gasteiger charge is 2.29. The summed E-state index contributed by atoms with van der Waals surface area (Å²) in [7, 11) is -7.59. The van der Waals surface area contributed by atoms with Crippen LogP contribution in [0.5, 0.6) is 0 Å². The third-order valence-electron chi connectivity index (χ3n) is 6.33. The Morgan fingerprint density at radius 2 is 1.42 bits per heavy atom. The second-order valence-electron chi connectivity index (χ2n) is 8.53. The molecule has 8 heteroatoms. The number of rotatable bonds is 5. The summed E-state index contributed by atoms with van der Waals surface area (Å²) >= 11 is 0. The average Bonchev–Trinajstić information content (AvgIpc) is 2.77. The van der Waals surface area contributed by atoms with Crippen molar-refractivity contribution in [2.45, 2.75) is 50.3 Å². The molecule has 1 N–H and O–H groups in total. The summed E-state index contributed by atoms with van der Waals surface area (Å²) < 4.78 is 57.0. The van der Waals surface area contributed by atoms with E-state index in [0.717, 1.165) is 29.5 Å². The first kappa shape index (κ1) is 23.3. The number of nitrogens with one attached hydrogen (secondary N) is 1. The minimum atomic E-state index is -3.84. The Hall–Kier alpha value is -2.84. The highest BCUT2D eigenvalue weighted by molar-refractivity contribution is 7.93. The number of hydrogen-bond acceptors (Lipinski definition) is 4. The van der Waals surface area contributed by atoms with Crippen molar-refractivity contribution in [1.29, 1.82) is 0 Å². The Morgan fingerprint density at radius 1 is 0.818 bits per heavy atom. The molecule has 0 unspecified atom stereocenters. The van der Waals surface area contributed by atoms with Crippen molar-refractivity contribution in [3.63, 3.8) is 0 Å². The monoisotopic (exact) mass is 484 g/mol. The number of hydrogen-bond donors (Lipinski definition) is 1. The largest absolute Gasteiger partial charge is 0.280 e. The van der Waals surface area contributed by atoms with Gasteiger partial charge in [0.1, 0.15) is 0 Å². The maximum Gasteiger partial charge on any atom is 0.264 e. The predicted molar refractivity (Wildman–Crippen MR) is 132 cm³/mol. The Balaban J connectivity index is 1.64. The molecule has 6 nitrogen and oxygen atoms in total. The van der Waals surface area contributed by atoms with Crippen LogP contribution >= 0.6 is 0 Å². The maximum absolute atomic E-state index is 13.3. The van der Waals surface area contributed by atoms with Crippen LogP contribution in [0.4, 0.5) is 11.4 Å². The van der Waals surface area contributed by atoms with Crippen LogP contribution in [0.15, 0.2) is 64.4 Å². The van der Waals surface area contributed by atoms with Gasteiger partial charge in [-0.15, -0.1) is 0 Å².